The Hall–Kier alpha value is -1.33. The predicted octanol–water partition coefficient (Wildman–Crippen LogP) is 3.33. The molecule has 0 amide bonds. The molecule has 2 aromatic rings. The van der Waals surface area contributed by atoms with Gasteiger partial charge in [0.1, 0.15) is 11.0 Å². The van der Waals surface area contributed by atoms with Crippen LogP contribution in [0.2, 0.25) is 5.15 Å². The van der Waals surface area contributed by atoms with E-state index in [4.69, 9.17) is 16.6 Å². The van der Waals surface area contributed by atoms with Gasteiger partial charge in [-0.2, -0.15) is 5.10 Å². The van der Waals surface area contributed by atoms with Crippen LogP contribution in [-0.2, 0) is 33.5 Å². The third kappa shape index (κ3) is 2.58. The predicted molar refractivity (Wildman–Crippen MR) is 95.2 cm³/mol. The molecule has 0 bridgehead atoms. The van der Waals surface area contributed by atoms with Crippen LogP contribution in [0.4, 0.5) is 0 Å². The first kappa shape index (κ1) is 16.2. The van der Waals surface area contributed by atoms with Gasteiger partial charge in [0.15, 0.2) is 0 Å². The van der Waals surface area contributed by atoms with Crippen LogP contribution < -0.4 is 0 Å². The lowest BCUT2D eigenvalue weighted by molar-refractivity contribution is 0.236. The molecule has 0 spiro atoms. The van der Waals surface area contributed by atoms with E-state index < -0.39 is 0 Å². The Morgan fingerprint density at radius 3 is 2.67 bits per heavy atom. The first-order valence-corrected chi connectivity index (χ1v) is 9.40. The molecule has 6 heteroatoms. The molecule has 1 saturated heterocycles. The van der Waals surface area contributed by atoms with Crippen molar-refractivity contribution >= 4 is 11.6 Å². The van der Waals surface area contributed by atoms with E-state index in [1.807, 2.05) is 14.0 Å². The summed E-state index contributed by atoms with van der Waals surface area (Å²) >= 11 is 6.45. The molecule has 3 heterocycles. The zero-order valence-corrected chi connectivity index (χ0v) is 15.6. The molecule has 1 unspecified atom stereocenters. The SMILES string of the molecule is Cc1nn(C)c(Cl)c1CN1CCCC1c1nc2c(n1C)CCCC2. The number of hydrogen-bond donors (Lipinski definition) is 0. The number of likely N-dealkylation sites (tertiary alicyclic amines) is 1. The number of rotatable bonds is 3. The summed E-state index contributed by atoms with van der Waals surface area (Å²) in [7, 11) is 4.11. The highest BCUT2D eigenvalue weighted by molar-refractivity contribution is 6.30. The summed E-state index contributed by atoms with van der Waals surface area (Å²) < 4.78 is 4.14. The monoisotopic (exact) mass is 347 g/mol. The molecule has 2 aliphatic rings. The zero-order chi connectivity index (χ0) is 16.8. The van der Waals surface area contributed by atoms with E-state index in [2.05, 4.69) is 21.6 Å². The summed E-state index contributed by atoms with van der Waals surface area (Å²) in [6.07, 6.45) is 7.30. The van der Waals surface area contributed by atoms with Crippen LogP contribution in [0, 0.1) is 6.92 Å². The number of nitrogens with zero attached hydrogens (tertiary/aromatic N) is 5. The van der Waals surface area contributed by atoms with Crippen molar-refractivity contribution in [3.05, 3.63) is 33.6 Å². The van der Waals surface area contributed by atoms with E-state index in [-0.39, 0.29) is 0 Å². The fourth-order valence-corrected chi connectivity index (χ4v) is 4.60. The van der Waals surface area contributed by atoms with Crippen LogP contribution in [0.15, 0.2) is 0 Å². The van der Waals surface area contributed by atoms with Gasteiger partial charge in [-0.25, -0.2) is 4.98 Å². The quantitative estimate of drug-likeness (QED) is 0.854. The van der Waals surface area contributed by atoms with E-state index >= 15 is 0 Å². The lowest BCUT2D eigenvalue weighted by Gasteiger charge is -2.24. The highest BCUT2D eigenvalue weighted by Gasteiger charge is 2.32. The van der Waals surface area contributed by atoms with Gasteiger partial charge in [-0.05, 0) is 52.0 Å². The summed E-state index contributed by atoms with van der Waals surface area (Å²) in [5.74, 6) is 1.25. The topological polar surface area (TPSA) is 38.9 Å². The van der Waals surface area contributed by atoms with Crippen molar-refractivity contribution in [2.24, 2.45) is 14.1 Å². The Labute approximate surface area is 148 Å². The van der Waals surface area contributed by atoms with Crippen molar-refractivity contribution in [1.82, 2.24) is 24.2 Å². The van der Waals surface area contributed by atoms with Crippen molar-refractivity contribution in [1.29, 1.82) is 0 Å². The summed E-state index contributed by atoms with van der Waals surface area (Å²) in [4.78, 5) is 7.57. The fraction of sp³-hybridized carbons (Fsp3) is 0.667. The second kappa shape index (κ2) is 6.19. The highest BCUT2D eigenvalue weighted by Crippen LogP contribution is 2.36. The van der Waals surface area contributed by atoms with Gasteiger partial charge in [-0.3, -0.25) is 9.58 Å². The zero-order valence-electron chi connectivity index (χ0n) is 14.8. The number of aryl methyl sites for hydroxylation is 3. The van der Waals surface area contributed by atoms with Crippen LogP contribution in [0.25, 0.3) is 0 Å². The van der Waals surface area contributed by atoms with Gasteiger partial charge >= 0.3 is 0 Å². The van der Waals surface area contributed by atoms with Crippen molar-refractivity contribution in [2.45, 2.75) is 58.0 Å². The third-order valence-electron chi connectivity index (χ3n) is 5.70. The number of fused-ring (bicyclic) bond motifs is 1. The van der Waals surface area contributed by atoms with E-state index in [1.54, 1.807) is 4.68 Å². The highest BCUT2D eigenvalue weighted by atomic mass is 35.5. The molecule has 1 aliphatic carbocycles. The minimum absolute atomic E-state index is 0.399. The number of imidazole rings is 1. The van der Waals surface area contributed by atoms with Crippen molar-refractivity contribution in [3.63, 3.8) is 0 Å². The largest absolute Gasteiger partial charge is 0.334 e. The molecule has 0 aromatic carbocycles. The smallest absolute Gasteiger partial charge is 0.131 e. The first-order valence-electron chi connectivity index (χ1n) is 9.02. The van der Waals surface area contributed by atoms with E-state index in [9.17, 15) is 0 Å². The van der Waals surface area contributed by atoms with Crippen LogP contribution in [0.3, 0.4) is 0 Å². The lowest BCUT2D eigenvalue weighted by atomic mass is 10.0. The van der Waals surface area contributed by atoms with E-state index in [0.29, 0.717) is 6.04 Å². The van der Waals surface area contributed by atoms with Crippen LogP contribution in [0.5, 0.6) is 0 Å². The Morgan fingerprint density at radius 2 is 1.96 bits per heavy atom. The number of aromatic nitrogens is 4. The van der Waals surface area contributed by atoms with Gasteiger partial charge in [0.2, 0.25) is 0 Å². The summed E-state index contributed by atoms with van der Waals surface area (Å²) in [5, 5.41) is 5.22. The molecule has 1 aliphatic heterocycles. The molecule has 1 fully saturated rings. The first-order chi connectivity index (χ1) is 11.6. The second-order valence-corrected chi connectivity index (χ2v) is 7.59. The Morgan fingerprint density at radius 1 is 1.17 bits per heavy atom. The molecule has 0 N–H and O–H groups in total. The maximum atomic E-state index is 6.45. The average Bonchev–Trinajstić information content (AvgIpc) is 3.22. The molecule has 0 saturated carbocycles. The molecular weight excluding hydrogens is 322 g/mol. The van der Waals surface area contributed by atoms with Crippen LogP contribution in [0.1, 0.15) is 60.2 Å². The van der Waals surface area contributed by atoms with Gasteiger partial charge in [0.25, 0.3) is 0 Å². The normalized spacial score (nSPS) is 21.4. The number of halogens is 1. The van der Waals surface area contributed by atoms with Crippen molar-refractivity contribution in [2.75, 3.05) is 6.54 Å². The maximum absolute atomic E-state index is 6.45. The Kier molecular flexibility index (Phi) is 4.17. The molecule has 1 atom stereocenters. The maximum Gasteiger partial charge on any atom is 0.131 e. The molecular formula is C18H26ClN5. The molecule has 2 aromatic heterocycles. The lowest BCUT2D eigenvalue weighted by Crippen LogP contribution is -2.25. The fourth-order valence-electron chi connectivity index (χ4n) is 4.37. The third-order valence-corrected chi connectivity index (χ3v) is 6.17. The van der Waals surface area contributed by atoms with Gasteiger partial charge in [-0.15, -0.1) is 0 Å². The Bertz CT molecular complexity index is 760. The summed E-state index contributed by atoms with van der Waals surface area (Å²) in [6, 6.07) is 0.399. The van der Waals surface area contributed by atoms with Gasteiger partial charge < -0.3 is 4.57 Å². The second-order valence-electron chi connectivity index (χ2n) is 7.24. The molecule has 5 nitrogen and oxygen atoms in total. The van der Waals surface area contributed by atoms with E-state index in [0.717, 1.165) is 35.9 Å². The van der Waals surface area contributed by atoms with Gasteiger partial charge in [0, 0.05) is 31.9 Å². The van der Waals surface area contributed by atoms with E-state index in [1.165, 1.54) is 49.3 Å². The van der Waals surface area contributed by atoms with Crippen molar-refractivity contribution in [3.8, 4) is 0 Å². The van der Waals surface area contributed by atoms with Gasteiger partial charge in [0.05, 0.1) is 17.4 Å². The molecule has 24 heavy (non-hydrogen) atoms. The molecule has 4 rings (SSSR count). The Balaban J connectivity index is 1.62. The molecule has 0 radical (unpaired) electrons. The van der Waals surface area contributed by atoms with Crippen LogP contribution >= 0.6 is 11.6 Å². The number of hydrogen-bond acceptors (Lipinski definition) is 3. The molecule has 130 valence electrons. The minimum Gasteiger partial charge on any atom is -0.334 e. The summed E-state index contributed by atoms with van der Waals surface area (Å²) in [5.41, 5.74) is 4.98. The van der Waals surface area contributed by atoms with Crippen molar-refractivity contribution < 1.29 is 0 Å². The minimum atomic E-state index is 0.399. The average molecular weight is 348 g/mol. The van der Waals surface area contributed by atoms with Crippen LogP contribution in [-0.4, -0.2) is 30.8 Å². The van der Waals surface area contributed by atoms with Gasteiger partial charge in [-0.1, -0.05) is 11.6 Å². The summed E-state index contributed by atoms with van der Waals surface area (Å²) in [6.45, 7) is 4.01. The standard InChI is InChI=1S/C18H26ClN5/c1-12-13(17(19)23(3)21-12)11-24-10-6-9-16(24)18-20-14-7-4-5-8-15(14)22(18)2/h16H,4-11H2,1-3H3.